The summed E-state index contributed by atoms with van der Waals surface area (Å²) in [6, 6.07) is 2.68. The van der Waals surface area contributed by atoms with Crippen LogP contribution in [0.4, 0.5) is 17.6 Å². The molecule has 3 aromatic heterocycles. The van der Waals surface area contributed by atoms with Gasteiger partial charge < -0.3 is 11.1 Å². The normalized spacial score (nSPS) is 23.7. The van der Waals surface area contributed by atoms with Gasteiger partial charge in [0.2, 0.25) is 17.8 Å². The molecule has 3 aliphatic carbocycles. The Hall–Kier alpha value is -3.51. The SMILES string of the molecule is [2H]C([2H])([2H])n1nc([C@H](c2cn3ncc([C@H](NC(=O)CC4CC(F)(F)C4)C4CC4)cc3n2)C2CCC(F)(F)CC2)cc1C(N)=O. The minimum Gasteiger partial charge on any atom is -0.364 e. The molecule has 2 atom stereocenters. The van der Waals surface area contributed by atoms with Gasteiger partial charge in [0.15, 0.2) is 5.65 Å². The van der Waals surface area contributed by atoms with E-state index in [0.717, 1.165) is 12.8 Å². The first-order valence-corrected chi connectivity index (χ1v) is 13.9. The molecular formula is C28H33F4N7O2. The Bertz CT molecular complexity index is 1570. The number of aryl methyl sites for hydroxylation is 1. The molecule has 2 amide bonds. The average molecular weight is 579 g/mol. The number of amides is 2. The van der Waals surface area contributed by atoms with E-state index in [0.29, 0.717) is 21.6 Å². The topological polar surface area (TPSA) is 120 Å². The molecule has 9 nitrogen and oxygen atoms in total. The number of imidazole rings is 1. The van der Waals surface area contributed by atoms with Crippen molar-refractivity contribution in [1.29, 1.82) is 0 Å². The van der Waals surface area contributed by atoms with Crippen LogP contribution in [0.1, 0.15) is 101 Å². The Kier molecular flexibility index (Phi) is 5.94. The summed E-state index contributed by atoms with van der Waals surface area (Å²) < 4.78 is 80.2. The van der Waals surface area contributed by atoms with E-state index in [4.69, 9.17) is 14.8 Å². The van der Waals surface area contributed by atoms with Gasteiger partial charge in [0.05, 0.1) is 29.8 Å². The van der Waals surface area contributed by atoms with E-state index in [-0.39, 0.29) is 86.0 Å². The minimum absolute atomic E-state index is 0.0281. The summed E-state index contributed by atoms with van der Waals surface area (Å²) in [5, 5.41) is 11.7. The number of nitrogens with zero attached hydrogens (tertiary/aromatic N) is 5. The Balaban J connectivity index is 1.31. The van der Waals surface area contributed by atoms with Crippen molar-refractivity contribution in [3.05, 3.63) is 47.2 Å². The fraction of sp³-hybridized carbons (Fsp3) is 0.607. The van der Waals surface area contributed by atoms with E-state index in [1.54, 1.807) is 18.5 Å². The maximum Gasteiger partial charge on any atom is 0.266 e. The third-order valence-electron chi connectivity index (χ3n) is 8.63. The van der Waals surface area contributed by atoms with Crippen LogP contribution in [0.5, 0.6) is 0 Å². The molecule has 0 bridgehead atoms. The third-order valence-corrected chi connectivity index (χ3v) is 8.63. The molecule has 3 aliphatic rings. The number of alkyl halides is 4. The van der Waals surface area contributed by atoms with Gasteiger partial charge in [0.1, 0.15) is 5.69 Å². The molecule has 3 saturated carbocycles. The minimum atomic E-state index is -2.81. The van der Waals surface area contributed by atoms with Crippen LogP contribution in [0, 0.1) is 17.8 Å². The summed E-state index contributed by atoms with van der Waals surface area (Å²) >= 11 is 0. The summed E-state index contributed by atoms with van der Waals surface area (Å²) in [4.78, 5) is 29.6. The van der Waals surface area contributed by atoms with Crippen molar-refractivity contribution in [2.24, 2.45) is 30.5 Å². The standard InChI is InChI=1S/C28H33F4N7O2/c1-38-21(26(33)41)10-19(37-38)24(16-4-6-27(29,30)7-5-16)20-14-39-22(35-20)9-18(13-34-39)25(17-2-3-17)36-23(40)8-15-11-28(31,32)12-15/h9-10,13-17,24-25H,2-8,11-12H2,1H3,(H2,33,41)(H,36,40)/t24-,25-/m1/s1/i1D3. The highest BCUT2D eigenvalue weighted by Gasteiger charge is 2.46. The lowest BCUT2D eigenvalue weighted by atomic mass is 9.76. The number of aromatic nitrogens is 5. The van der Waals surface area contributed by atoms with Gasteiger partial charge in [-0.15, -0.1) is 0 Å². The zero-order valence-corrected chi connectivity index (χ0v) is 22.2. The van der Waals surface area contributed by atoms with Crippen LogP contribution >= 0.6 is 0 Å². The molecule has 0 aliphatic heterocycles. The lowest BCUT2D eigenvalue weighted by molar-refractivity contribution is -0.134. The summed E-state index contributed by atoms with van der Waals surface area (Å²) in [5.41, 5.74) is 6.82. The van der Waals surface area contributed by atoms with E-state index < -0.39 is 30.6 Å². The van der Waals surface area contributed by atoms with Crippen molar-refractivity contribution < 1.29 is 31.3 Å². The predicted octanol–water partition coefficient (Wildman–Crippen LogP) is 4.52. The number of carbonyl (C=O) groups excluding carboxylic acids is 2. The number of fused-ring (bicyclic) bond motifs is 1. The second kappa shape index (κ2) is 10.1. The number of rotatable bonds is 9. The molecule has 0 aromatic carbocycles. The largest absolute Gasteiger partial charge is 0.364 e. The van der Waals surface area contributed by atoms with Gasteiger partial charge in [-0.3, -0.25) is 14.3 Å². The second-order valence-corrected chi connectivity index (χ2v) is 11.9. The molecule has 0 spiro atoms. The molecule has 3 aromatic rings. The monoisotopic (exact) mass is 578 g/mol. The number of carbonyl (C=O) groups is 2. The molecule has 3 fully saturated rings. The first-order chi connectivity index (χ1) is 20.6. The maximum atomic E-state index is 14.1. The predicted molar refractivity (Wildman–Crippen MR) is 139 cm³/mol. The van der Waals surface area contributed by atoms with Crippen LogP contribution < -0.4 is 11.1 Å². The fourth-order valence-corrected chi connectivity index (χ4v) is 6.31. The van der Waals surface area contributed by atoms with Gasteiger partial charge in [-0.05, 0) is 61.1 Å². The van der Waals surface area contributed by atoms with Crippen LogP contribution in [-0.2, 0) is 11.8 Å². The molecule has 41 heavy (non-hydrogen) atoms. The van der Waals surface area contributed by atoms with Crippen molar-refractivity contribution in [3.8, 4) is 0 Å². The van der Waals surface area contributed by atoms with Crippen LogP contribution in [-0.4, -0.2) is 48.0 Å². The fourth-order valence-electron chi connectivity index (χ4n) is 6.31. The van der Waals surface area contributed by atoms with Gasteiger partial charge in [-0.1, -0.05) is 0 Å². The number of nitrogens with one attached hydrogen (secondary N) is 1. The number of nitrogens with two attached hydrogens (primary N) is 1. The van der Waals surface area contributed by atoms with E-state index >= 15 is 0 Å². The van der Waals surface area contributed by atoms with Crippen LogP contribution in [0.25, 0.3) is 5.65 Å². The Morgan fingerprint density at radius 3 is 2.44 bits per heavy atom. The highest BCUT2D eigenvalue weighted by Crippen LogP contribution is 2.46. The number of hydrogen-bond acceptors (Lipinski definition) is 5. The molecule has 0 radical (unpaired) electrons. The lowest BCUT2D eigenvalue weighted by Crippen LogP contribution is -2.39. The number of primary amides is 1. The van der Waals surface area contributed by atoms with Crippen molar-refractivity contribution in [2.45, 2.75) is 81.6 Å². The summed E-state index contributed by atoms with van der Waals surface area (Å²) in [6.45, 7) is -2.80. The molecule has 13 heteroatoms. The zero-order chi connectivity index (χ0) is 31.6. The summed E-state index contributed by atoms with van der Waals surface area (Å²) in [6.07, 6.45) is 4.00. The molecule has 6 rings (SSSR count). The second-order valence-electron chi connectivity index (χ2n) is 11.9. The quantitative estimate of drug-likeness (QED) is 0.362. The Morgan fingerprint density at radius 2 is 1.83 bits per heavy atom. The first-order valence-electron chi connectivity index (χ1n) is 15.4. The van der Waals surface area contributed by atoms with Crippen molar-refractivity contribution in [3.63, 3.8) is 0 Å². The van der Waals surface area contributed by atoms with Gasteiger partial charge in [-0.2, -0.15) is 10.2 Å². The zero-order valence-electron chi connectivity index (χ0n) is 25.2. The molecule has 3 heterocycles. The molecule has 220 valence electrons. The Labute approximate surface area is 238 Å². The molecule has 3 N–H and O–H groups in total. The van der Waals surface area contributed by atoms with Gasteiger partial charge in [0.25, 0.3) is 5.91 Å². The molecule has 0 saturated heterocycles. The van der Waals surface area contributed by atoms with Crippen LogP contribution in [0.3, 0.4) is 0 Å². The van der Waals surface area contributed by atoms with Crippen LogP contribution in [0.15, 0.2) is 24.5 Å². The Morgan fingerprint density at radius 1 is 1.10 bits per heavy atom. The lowest BCUT2D eigenvalue weighted by Gasteiger charge is -2.34. The van der Waals surface area contributed by atoms with E-state index in [2.05, 4.69) is 15.5 Å². The van der Waals surface area contributed by atoms with Gasteiger partial charge in [0, 0.05) is 49.1 Å². The van der Waals surface area contributed by atoms with Crippen molar-refractivity contribution in [2.75, 3.05) is 0 Å². The third kappa shape index (κ3) is 5.80. The highest BCUT2D eigenvalue weighted by atomic mass is 19.3. The van der Waals surface area contributed by atoms with Crippen molar-refractivity contribution in [1.82, 2.24) is 29.7 Å². The van der Waals surface area contributed by atoms with Crippen LogP contribution in [0.2, 0.25) is 0 Å². The van der Waals surface area contributed by atoms with E-state index in [1.165, 1.54) is 10.6 Å². The van der Waals surface area contributed by atoms with Crippen molar-refractivity contribution >= 4 is 17.5 Å². The summed E-state index contributed by atoms with van der Waals surface area (Å²) in [5.74, 6) is -8.07. The summed E-state index contributed by atoms with van der Waals surface area (Å²) in [7, 11) is 0. The average Bonchev–Trinajstić information content (AvgIpc) is 3.49. The van der Waals surface area contributed by atoms with Gasteiger partial charge in [-0.25, -0.2) is 27.1 Å². The van der Waals surface area contributed by atoms with E-state index in [1.807, 2.05) is 0 Å². The van der Waals surface area contributed by atoms with Gasteiger partial charge >= 0.3 is 0 Å². The maximum absolute atomic E-state index is 14.1. The molecule has 0 unspecified atom stereocenters. The molecular weight excluding hydrogens is 542 g/mol. The smallest absolute Gasteiger partial charge is 0.266 e. The van der Waals surface area contributed by atoms with E-state index in [9.17, 15) is 27.2 Å². The highest BCUT2D eigenvalue weighted by molar-refractivity contribution is 5.91. The number of halogens is 4. The number of hydrogen-bond donors (Lipinski definition) is 2. The first kappa shape index (κ1) is 24.1.